The molecule has 2 aromatic heterocycles. The first-order valence-corrected chi connectivity index (χ1v) is 5.62. The minimum atomic E-state index is -0.962. The van der Waals surface area contributed by atoms with E-state index in [1.807, 2.05) is 6.07 Å². The topological polar surface area (TPSA) is 90.9 Å². The van der Waals surface area contributed by atoms with Crippen molar-refractivity contribution >= 4 is 28.5 Å². The smallest absolute Gasteiger partial charge is 0.335 e. The molecule has 6 heteroatoms. The Morgan fingerprint density at radius 1 is 1.26 bits per heavy atom. The zero-order valence-corrected chi connectivity index (χ0v) is 9.79. The van der Waals surface area contributed by atoms with Gasteiger partial charge in [0.2, 0.25) is 0 Å². The number of aromatic carboxylic acids is 1. The Balaban J connectivity index is 1.99. The normalized spacial score (nSPS) is 10.5. The van der Waals surface area contributed by atoms with Crippen LogP contribution in [0.4, 0.5) is 11.5 Å². The van der Waals surface area contributed by atoms with Crippen LogP contribution < -0.4 is 5.32 Å². The van der Waals surface area contributed by atoms with Crippen molar-refractivity contribution in [1.29, 1.82) is 0 Å². The zero-order chi connectivity index (χ0) is 13.2. The molecule has 3 aromatic rings. The number of hydrogen-bond donors (Lipinski definition) is 3. The average Bonchev–Trinajstić information content (AvgIpc) is 2.88. The Kier molecular flexibility index (Phi) is 2.60. The van der Waals surface area contributed by atoms with Crippen LogP contribution in [0.15, 0.2) is 42.9 Å². The number of fused-ring (bicyclic) bond motifs is 1. The Morgan fingerprint density at radius 2 is 2.16 bits per heavy atom. The molecule has 0 saturated heterocycles. The maximum atomic E-state index is 10.9. The quantitative estimate of drug-likeness (QED) is 0.667. The van der Waals surface area contributed by atoms with Crippen LogP contribution in [-0.4, -0.2) is 26.0 Å². The number of carbonyl (C=O) groups is 1. The predicted octanol–water partition coefficient (Wildman–Crippen LogP) is 2.40. The fourth-order valence-electron chi connectivity index (χ4n) is 1.83. The third-order valence-corrected chi connectivity index (χ3v) is 2.72. The van der Waals surface area contributed by atoms with Crippen LogP contribution in [0.3, 0.4) is 0 Å². The number of carboxylic acid groups (broad SMARTS) is 1. The van der Waals surface area contributed by atoms with E-state index in [0.717, 1.165) is 11.0 Å². The number of nitrogens with zero attached hydrogens (tertiary/aromatic N) is 2. The summed E-state index contributed by atoms with van der Waals surface area (Å²) in [7, 11) is 0. The Bertz CT molecular complexity index is 751. The van der Waals surface area contributed by atoms with Gasteiger partial charge in [0.05, 0.1) is 11.1 Å². The zero-order valence-electron chi connectivity index (χ0n) is 9.79. The first-order valence-electron chi connectivity index (χ1n) is 5.62. The van der Waals surface area contributed by atoms with Crippen LogP contribution in [0.1, 0.15) is 10.4 Å². The van der Waals surface area contributed by atoms with E-state index in [2.05, 4.69) is 20.3 Å². The summed E-state index contributed by atoms with van der Waals surface area (Å²) in [6, 6.07) is 8.40. The van der Waals surface area contributed by atoms with E-state index in [0.29, 0.717) is 11.5 Å². The Morgan fingerprint density at radius 3 is 3.00 bits per heavy atom. The molecule has 0 aliphatic rings. The predicted molar refractivity (Wildman–Crippen MR) is 70.6 cm³/mol. The van der Waals surface area contributed by atoms with Crippen molar-refractivity contribution in [2.45, 2.75) is 0 Å². The Labute approximate surface area is 108 Å². The molecule has 0 aliphatic carbocycles. The maximum absolute atomic E-state index is 10.9. The molecule has 3 rings (SSSR count). The highest BCUT2D eigenvalue weighted by Crippen LogP contribution is 2.21. The van der Waals surface area contributed by atoms with Gasteiger partial charge in [0, 0.05) is 11.9 Å². The molecule has 0 bridgehead atoms. The highest BCUT2D eigenvalue weighted by atomic mass is 16.4. The van der Waals surface area contributed by atoms with E-state index in [1.165, 1.54) is 12.4 Å². The lowest BCUT2D eigenvalue weighted by Crippen LogP contribution is -1.99. The van der Waals surface area contributed by atoms with Gasteiger partial charge in [-0.05, 0) is 24.3 Å². The third kappa shape index (κ3) is 2.11. The largest absolute Gasteiger partial charge is 0.478 e. The fourth-order valence-corrected chi connectivity index (χ4v) is 1.83. The van der Waals surface area contributed by atoms with Crippen LogP contribution >= 0.6 is 0 Å². The average molecular weight is 254 g/mol. The summed E-state index contributed by atoms with van der Waals surface area (Å²) in [6.45, 7) is 0. The molecule has 0 unspecified atom stereocenters. The standard InChI is InChI=1S/C13H10N4O2/c18-13(19)8-2-1-3-9(6-8)17-12-11-10(4-5-14-11)15-7-16-12/h1-7,14H,(H,18,19)(H,15,16,17). The van der Waals surface area contributed by atoms with E-state index in [4.69, 9.17) is 5.11 Å². The molecule has 0 amide bonds. The lowest BCUT2D eigenvalue weighted by molar-refractivity contribution is 0.0697. The summed E-state index contributed by atoms with van der Waals surface area (Å²) in [4.78, 5) is 22.2. The van der Waals surface area contributed by atoms with Gasteiger partial charge < -0.3 is 15.4 Å². The lowest BCUT2D eigenvalue weighted by Gasteiger charge is -2.06. The minimum absolute atomic E-state index is 0.224. The maximum Gasteiger partial charge on any atom is 0.335 e. The summed E-state index contributed by atoms with van der Waals surface area (Å²) in [5.41, 5.74) is 2.46. The minimum Gasteiger partial charge on any atom is -0.478 e. The molecule has 0 saturated carbocycles. The van der Waals surface area contributed by atoms with Crippen molar-refractivity contribution in [3.05, 3.63) is 48.4 Å². The summed E-state index contributed by atoms with van der Waals surface area (Å²) in [5.74, 6) is -0.353. The van der Waals surface area contributed by atoms with E-state index >= 15 is 0 Å². The van der Waals surface area contributed by atoms with Crippen LogP contribution in [0.2, 0.25) is 0 Å². The van der Waals surface area contributed by atoms with Crippen molar-refractivity contribution in [2.75, 3.05) is 5.32 Å². The van der Waals surface area contributed by atoms with Gasteiger partial charge in [-0.1, -0.05) is 6.07 Å². The van der Waals surface area contributed by atoms with Gasteiger partial charge in [0.25, 0.3) is 0 Å². The van der Waals surface area contributed by atoms with Gasteiger partial charge in [0.15, 0.2) is 5.82 Å². The number of aromatic nitrogens is 3. The van der Waals surface area contributed by atoms with Gasteiger partial charge in [-0.3, -0.25) is 0 Å². The van der Waals surface area contributed by atoms with E-state index < -0.39 is 5.97 Å². The molecule has 3 N–H and O–H groups in total. The number of carboxylic acids is 1. The number of anilines is 2. The summed E-state index contributed by atoms with van der Waals surface area (Å²) in [5, 5.41) is 12.0. The van der Waals surface area contributed by atoms with Crippen LogP contribution in [0.25, 0.3) is 11.0 Å². The summed E-state index contributed by atoms with van der Waals surface area (Å²) >= 11 is 0. The lowest BCUT2D eigenvalue weighted by atomic mass is 10.2. The highest BCUT2D eigenvalue weighted by Gasteiger charge is 2.07. The van der Waals surface area contributed by atoms with Crippen LogP contribution in [0.5, 0.6) is 0 Å². The molecule has 0 radical (unpaired) electrons. The first kappa shape index (κ1) is 11.2. The van der Waals surface area contributed by atoms with Crippen LogP contribution in [-0.2, 0) is 0 Å². The SMILES string of the molecule is O=C(O)c1cccc(Nc2ncnc3cc[nH]c23)c1. The summed E-state index contributed by atoms with van der Waals surface area (Å²) < 4.78 is 0. The number of rotatable bonds is 3. The molecule has 94 valence electrons. The second-order valence-corrected chi connectivity index (χ2v) is 3.97. The Hall–Kier alpha value is -2.89. The second-order valence-electron chi connectivity index (χ2n) is 3.97. The number of aromatic amines is 1. The van der Waals surface area contributed by atoms with Gasteiger partial charge in [0.1, 0.15) is 11.8 Å². The molecule has 0 spiro atoms. The second kappa shape index (κ2) is 4.41. The molecule has 6 nitrogen and oxygen atoms in total. The van der Waals surface area contributed by atoms with Crippen molar-refractivity contribution in [2.24, 2.45) is 0 Å². The molecule has 1 aromatic carbocycles. The van der Waals surface area contributed by atoms with E-state index in [-0.39, 0.29) is 5.56 Å². The van der Waals surface area contributed by atoms with Gasteiger partial charge in [-0.25, -0.2) is 14.8 Å². The first-order chi connectivity index (χ1) is 9.24. The van der Waals surface area contributed by atoms with Gasteiger partial charge in [-0.15, -0.1) is 0 Å². The molecule has 0 atom stereocenters. The fraction of sp³-hybridized carbons (Fsp3) is 0. The summed E-state index contributed by atoms with van der Waals surface area (Å²) in [6.07, 6.45) is 3.23. The van der Waals surface area contributed by atoms with Crippen molar-refractivity contribution < 1.29 is 9.90 Å². The van der Waals surface area contributed by atoms with E-state index in [9.17, 15) is 4.79 Å². The highest BCUT2D eigenvalue weighted by molar-refractivity contribution is 5.90. The van der Waals surface area contributed by atoms with Crippen molar-refractivity contribution in [3.8, 4) is 0 Å². The van der Waals surface area contributed by atoms with Crippen molar-refractivity contribution in [1.82, 2.24) is 15.0 Å². The molecule has 19 heavy (non-hydrogen) atoms. The van der Waals surface area contributed by atoms with Gasteiger partial charge >= 0.3 is 5.97 Å². The van der Waals surface area contributed by atoms with E-state index in [1.54, 1.807) is 24.4 Å². The molecular weight excluding hydrogens is 244 g/mol. The number of benzene rings is 1. The van der Waals surface area contributed by atoms with Crippen LogP contribution in [0, 0.1) is 0 Å². The number of hydrogen-bond acceptors (Lipinski definition) is 4. The molecule has 0 fully saturated rings. The molecule has 2 heterocycles. The van der Waals surface area contributed by atoms with Crippen molar-refractivity contribution in [3.63, 3.8) is 0 Å². The molecular formula is C13H10N4O2. The third-order valence-electron chi connectivity index (χ3n) is 2.72. The number of nitrogens with one attached hydrogen (secondary N) is 2. The van der Waals surface area contributed by atoms with Gasteiger partial charge in [-0.2, -0.15) is 0 Å². The monoisotopic (exact) mass is 254 g/mol. The molecule has 0 aliphatic heterocycles. The number of H-pyrrole nitrogens is 1.